The Morgan fingerprint density at radius 1 is 1.05 bits per heavy atom. The summed E-state index contributed by atoms with van der Waals surface area (Å²) in [7, 11) is 0. The van der Waals surface area contributed by atoms with Gasteiger partial charge in [-0.15, -0.1) is 21.5 Å². The molecule has 0 amide bonds. The van der Waals surface area contributed by atoms with Crippen LogP contribution >= 0.6 is 22.9 Å². The Morgan fingerprint density at radius 3 is 2.38 bits per heavy atom. The highest BCUT2D eigenvalue weighted by Gasteiger charge is 2.32. The number of rotatable bonds is 7. The van der Waals surface area contributed by atoms with E-state index in [0.29, 0.717) is 28.1 Å². The normalized spacial score (nSPS) is 14.5. The van der Waals surface area contributed by atoms with Gasteiger partial charge in [0.25, 0.3) is 0 Å². The minimum atomic E-state index is -0.961. The van der Waals surface area contributed by atoms with Gasteiger partial charge in [0.15, 0.2) is 12.4 Å². The van der Waals surface area contributed by atoms with E-state index in [9.17, 15) is 14.7 Å². The first-order valence-corrected chi connectivity index (χ1v) is 14.6. The summed E-state index contributed by atoms with van der Waals surface area (Å²) < 4.78 is 12.8. The zero-order valence-corrected chi connectivity index (χ0v) is 25.8. The lowest BCUT2D eigenvalue weighted by atomic mass is 9.97. The number of benzene rings is 2. The summed E-state index contributed by atoms with van der Waals surface area (Å²) in [6.45, 7) is 11.2. The molecule has 0 saturated heterocycles. The average Bonchev–Trinajstić information content (AvgIpc) is 3.38. The number of ether oxygens (including phenoxy) is 2. The molecule has 11 heteroatoms. The van der Waals surface area contributed by atoms with Gasteiger partial charge in [-0.05, 0) is 70.9 Å². The number of hydrogen-bond acceptors (Lipinski definition) is 8. The molecule has 9 nitrogen and oxygen atoms in total. The van der Waals surface area contributed by atoms with Crippen LogP contribution in [0.25, 0.3) is 16.1 Å². The largest absolute Gasteiger partial charge is 0.482 e. The van der Waals surface area contributed by atoms with Crippen LogP contribution in [0.2, 0.25) is 5.02 Å². The van der Waals surface area contributed by atoms with E-state index in [4.69, 9.17) is 26.1 Å². The molecule has 3 heterocycles. The van der Waals surface area contributed by atoms with Crippen molar-refractivity contribution >= 4 is 40.6 Å². The number of aryl methyl sites for hydroxylation is 2. The topological polar surface area (TPSA) is 116 Å². The number of aromatic nitrogens is 3. The molecule has 218 valence electrons. The van der Waals surface area contributed by atoms with Crippen molar-refractivity contribution in [2.24, 2.45) is 4.99 Å². The lowest BCUT2D eigenvalue weighted by Crippen LogP contribution is -2.27. The van der Waals surface area contributed by atoms with E-state index < -0.39 is 23.6 Å². The Morgan fingerprint density at radius 2 is 1.74 bits per heavy atom. The third kappa shape index (κ3) is 5.96. The summed E-state index contributed by atoms with van der Waals surface area (Å²) in [4.78, 5) is 29.9. The van der Waals surface area contributed by atoms with Crippen LogP contribution in [0.3, 0.4) is 0 Å². The number of aliphatic imine (C=N–C) groups is 1. The molecule has 2 aromatic heterocycles. The van der Waals surface area contributed by atoms with E-state index in [2.05, 4.69) is 24.0 Å². The van der Waals surface area contributed by atoms with E-state index in [0.717, 1.165) is 37.7 Å². The second-order valence-corrected chi connectivity index (χ2v) is 12.7. The fourth-order valence-corrected chi connectivity index (χ4v) is 6.32. The average molecular weight is 607 g/mol. The zero-order valence-electron chi connectivity index (χ0n) is 24.2. The van der Waals surface area contributed by atoms with Crippen molar-refractivity contribution in [1.82, 2.24) is 14.8 Å². The number of fused-ring (bicyclic) bond motifs is 3. The highest BCUT2D eigenvalue weighted by atomic mass is 35.5. The van der Waals surface area contributed by atoms with Crippen LogP contribution in [0.1, 0.15) is 66.5 Å². The highest BCUT2D eigenvalue weighted by Crippen LogP contribution is 2.40. The summed E-state index contributed by atoms with van der Waals surface area (Å²) in [5.41, 5.74) is 4.68. The maximum Gasteiger partial charge on any atom is 0.344 e. The van der Waals surface area contributed by atoms with Gasteiger partial charge in [-0.25, -0.2) is 4.79 Å². The Bertz CT molecular complexity index is 1720. The quantitative estimate of drug-likeness (QED) is 0.234. The predicted molar refractivity (Wildman–Crippen MR) is 162 cm³/mol. The second-order valence-electron chi connectivity index (χ2n) is 11.1. The van der Waals surface area contributed by atoms with Crippen molar-refractivity contribution < 1.29 is 24.2 Å². The van der Waals surface area contributed by atoms with Gasteiger partial charge in [-0.3, -0.25) is 14.4 Å². The molecule has 1 aliphatic rings. The maximum atomic E-state index is 12.0. The lowest BCUT2D eigenvalue weighted by Gasteiger charge is -2.19. The standard InChI is InChI=1S/C31H31ClN4O5S/c1-16-17(2)42-30-27(16)28(33-24(14-25(37)38)29-35-34-18(3)36(29)30)20-9-7-19(8-10-20)22-12-11-21(13-23(22)32)40-15-26(39)41-31(4,5)6/h7-13,24H,14-15H2,1-6H3,(H,37,38)/t24-/m0/s1. The Hall–Kier alpha value is -4.02. The van der Waals surface area contributed by atoms with Crippen LogP contribution < -0.4 is 4.74 Å². The molecular weight excluding hydrogens is 576 g/mol. The summed E-state index contributed by atoms with van der Waals surface area (Å²) >= 11 is 8.24. The van der Waals surface area contributed by atoms with E-state index >= 15 is 0 Å². The van der Waals surface area contributed by atoms with Crippen molar-refractivity contribution in [3.63, 3.8) is 0 Å². The third-order valence-corrected chi connectivity index (χ3v) is 8.30. The van der Waals surface area contributed by atoms with Crippen LogP contribution in [0.4, 0.5) is 0 Å². The number of nitrogens with zero attached hydrogens (tertiary/aromatic N) is 4. The first-order valence-electron chi connectivity index (χ1n) is 13.4. The number of carboxylic acid groups (broad SMARTS) is 1. The zero-order chi connectivity index (χ0) is 30.3. The molecule has 1 N–H and O–H groups in total. The van der Waals surface area contributed by atoms with Crippen LogP contribution in [0, 0.1) is 20.8 Å². The molecule has 0 aliphatic carbocycles. The van der Waals surface area contributed by atoms with Gasteiger partial charge in [-0.2, -0.15) is 0 Å². The van der Waals surface area contributed by atoms with E-state index in [-0.39, 0.29) is 13.0 Å². The van der Waals surface area contributed by atoms with E-state index in [1.54, 1.807) is 44.2 Å². The number of hydrogen-bond donors (Lipinski definition) is 1. The molecule has 0 spiro atoms. The smallest absolute Gasteiger partial charge is 0.344 e. The van der Waals surface area contributed by atoms with Gasteiger partial charge in [0.05, 0.1) is 17.2 Å². The van der Waals surface area contributed by atoms with Crippen molar-refractivity contribution in [1.29, 1.82) is 0 Å². The molecule has 42 heavy (non-hydrogen) atoms. The van der Waals surface area contributed by atoms with Gasteiger partial charge < -0.3 is 14.6 Å². The monoisotopic (exact) mass is 606 g/mol. The van der Waals surface area contributed by atoms with Gasteiger partial charge in [0.1, 0.15) is 28.2 Å². The molecule has 2 aromatic carbocycles. The van der Waals surface area contributed by atoms with Crippen LogP contribution in [0.5, 0.6) is 5.75 Å². The molecule has 0 bridgehead atoms. The molecule has 5 rings (SSSR count). The van der Waals surface area contributed by atoms with Gasteiger partial charge in [0, 0.05) is 21.6 Å². The Kier molecular flexibility index (Phi) is 7.96. The first-order chi connectivity index (χ1) is 19.8. The number of carboxylic acids is 1. The number of carbonyl (C=O) groups is 2. The fourth-order valence-electron chi connectivity index (χ4n) is 4.83. The van der Waals surface area contributed by atoms with Gasteiger partial charge in [0.2, 0.25) is 0 Å². The highest BCUT2D eigenvalue weighted by molar-refractivity contribution is 7.15. The molecular formula is C31H31ClN4O5S. The summed E-state index contributed by atoms with van der Waals surface area (Å²) in [6, 6.07) is 12.4. The predicted octanol–water partition coefficient (Wildman–Crippen LogP) is 6.66. The number of halogens is 1. The first kappa shape index (κ1) is 29.5. The van der Waals surface area contributed by atoms with Crippen molar-refractivity contribution in [3.8, 4) is 21.9 Å². The fraction of sp³-hybridized carbons (Fsp3) is 0.323. The summed E-state index contributed by atoms with van der Waals surface area (Å²) in [6.07, 6.45) is -0.204. The van der Waals surface area contributed by atoms with E-state index in [1.165, 1.54) is 0 Å². The van der Waals surface area contributed by atoms with Crippen molar-refractivity contribution in [2.45, 2.75) is 59.6 Å². The van der Waals surface area contributed by atoms with Crippen molar-refractivity contribution in [2.75, 3.05) is 6.61 Å². The van der Waals surface area contributed by atoms with Crippen molar-refractivity contribution in [3.05, 3.63) is 80.7 Å². The molecule has 0 saturated carbocycles. The van der Waals surface area contributed by atoms with Gasteiger partial charge in [-0.1, -0.05) is 35.9 Å². The van der Waals surface area contributed by atoms with Gasteiger partial charge >= 0.3 is 11.9 Å². The number of thiophene rings is 1. The molecule has 0 radical (unpaired) electrons. The minimum absolute atomic E-state index is 0.204. The second kappa shape index (κ2) is 11.3. The van der Waals surface area contributed by atoms with Crippen LogP contribution in [0.15, 0.2) is 47.5 Å². The molecule has 1 aliphatic heterocycles. The Balaban J connectivity index is 1.46. The van der Waals surface area contributed by atoms with E-state index in [1.807, 2.05) is 41.8 Å². The minimum Gasteiger partial charge on any atom is -0.482 e. The summed E-state index contributed by atoms with van der Waals surface area (Å²) in [5, 5.41) is 19.6. The summed E-state index contributed by atoms with van der Waals surface area (Å²) in [5.74, 6) is 0.241. The molecule has 0 unspecified atom stereocenters. The molecule has 0 fully saturated rings. The third-order valence-electron chi connectivity index (χ3n) is 6.79. The maximum absolute atomic E-state index is 12.0. The number of carbonyl (C=O) groups excluding carboxylic acids is 1. The number of esters is 1. The molecule has 4 aromatic rings. The SMILES string of the molecule is Cc1sc2c(c1C)C(c1ccc(-c3ccc(OCC(=O)OC(C)(C)C)cc3Cl)cc1)=N[C@@H](CC(=O)O)c1nnc(C)n1-2. The molecule has 1 atom stereocenters. The number of aliphatic carboxylic acids is 1. The lowest BCUT2D eigenvalue weighted by molar-refractivity contribution is -0.157. The Labute approximate surface area is 252 Å². The van der Waals surface area contributed by atoms with Crippen LogP contribution in [-0.4, -0.2) is 49.7 Å². The van der Waals surface area contributed by atoms with Crippen LogP contribution in [-0.2, 0) is 14.3 Å².